The molecule has 1 N–H and O–H groups in total. The Morgan fingerprint density at radius 3 is 2.42 bits per heavy atom. The van der Waals surface area contributed by atoms with Crippen LogP contribution in [0.1, 0.15) is 38.8 Å². The third-order valence-corrected chi connectivity index (χ3v) is 3.61. The van der Waals surface area contributed by atoms with Gasteiger partial charge < -0.3 is 15.0 Å². The van der Waals surface area contributed by atoms with Gasteiger partial charge in [-0.1, -0.05) is 39.0 Å². The van der Waals surface area contributed by atoms with Gasteiger partial charge in [-0.15, -0.1) is 0 Å². The highest BCUT2D eigenvalue weighted by atomic mass is 16.5. The van der Waals surface area contributed by atoms with Gasteiger partial charge in [-0.05, 0) is 32.6 Å². The Kier molecular flexibility index (Phi) is 7.53. The van der Waals surface area contributed by atoms with E-state index in [9.17, 15) is 0 Å². The van der Waals surface area contributed by atoms with E-state index in [1.165, 1.54) is 5.56 Å². The van der Waals surface area contributed by atoms with E-state index in [2.05, 4.69) is 49.2 Å². The van der Waals surface area contributed by atoms with Gasteiger partial charge in [0, 0.05) is 18.2 Å². The van der Waals surface area contributed by atoms with E-state index in [0.717, 1.165) is 38.4 Å². The van der Waals surface area contributed by atoms with E-state index in [4.69, 9.17) is 4.74 Å². The lowest BCUT2D eigenvalue weighted by molar-refractivity contribution is 0.220. The summed E-state index contributed by atoms with van der Waals surface area (Å²) in [7, 11) is 2.00. The number of nitrogens with zero attached hydrogens (tertiary/aromatic N) is 1. The molecule has 0 heterocycles. The molecule has 3 heteroatoms. The average Bonchev–Trinajstić information content (AvgIpc) is 2.46. The summed E-state index contributed by atoms with van der Waals surface area (Å²) >= 11 is 0. The summed E-state index contributed by atoms with van der Waals surface area (Å²) in [5.74, 6) is 1.01. The molecule has 108 valence electrons. The number of ether oxygens (including phenoxy) is 1. The molecule has 0 spiro atoms. The van der Waals surface area contributed by atoms with Crippen LogP contribution in [0, 0.1) is 0 Å². The van der Waals surface area contributed by atoms with Crippen molar-refractivity contribution in [3.05, 3.63) is 29.8 Å². The van der Waals surface area contributed by atoms with Crippen LogP contribution in [-0.2, 0) is 0 Å². The predicted octanol–water partition coefficient (Wildman–Crippen LogP) is 3.08. The molecule has 0 aliphatic heterocycles. The SMILES string of the molecule is CCC(NC)c1ccccc1OCCN(CC)CC. The van der Waals surface area contributed by atoms with Crippen LogP contribution in [0.4, 0.5) is 0 Å². The number of nitrogens with one attached hydrogen (secondary N) is 1. The number of hydrogen-bond donors (Lipinski definition) is 1. The fourth-order valence-electron chi connectivity index (χ4n) is 2.30. The smallest absolute Gasteiger partial charge is 0.124 e. The van der Waals surface area contributed by atoms with Crippen molar-refractivity contribution in [2.45, 2.75) is 33.2 Å². The van der Waals surface area contributed by atoms with E-state index < -0.39 is 0 Å². The van der Waals surface area contributed by atoms with Crippen molar-refractivity contribution >= 4 is 0 Å². The van der Waals surface area contributed by atoms with Gasteiger partial charge in [0.2, 0.25) is 0 Å². The van der Waals surface area contributed by atoms with E-state index in [0.29, 0.717) is 6.04 Å². The topological polar surface area (TPSA) is 24.5 Å². The molecule has 1 aromatic rings. The predicted molar refractivity (Wildman–Crippen MR) is 81.8 cm³/mol. The fraction of sp³-hybridized carbons (Fsp3) is 0.625. The van der Waals surface area contributed by atoms with E-state index in [1.807, 2.05) is 13.1 Å². The molecule has 1 unspecified atom stereocenters. The maximum absolute atomic E-state index is 5.97. The molecule has 1 atom stereocenters. The Morgan fingerprint density at radius 1 is 1.16 bits per heavy atom. The Bertz CT molecular complexity index is 346. The van der Waals surface area contributed by atoms with Gasteiger partial charge >= 0.3 is 0 Å². The van der Waals surface area contributed by atoms with Crippen LogP contribution in [0.2, 0.25) is 0 Å². The van der Waals surface area contributed by atoms with Gasteiger partial charge in [0.05, 0.1) is 0 Å². The van der Waals surface area contributed by atoms with Crippen LogP contribution in [-0.4, -0.2) is 38.2 Å². The molecule has 0 bridgehead atoms. The highest BCUT2D eigenvalue weighted by Crippen LogP contribution is 2.26. The maximum Gasteiger partial charge on any atom is 0.124 e. The van der Waals surface area contributed by atoms with Crippen molar-refractivity contribution in [1.82, 2.24) is 10.2 Å². The molecule has 1 rings (SSSR count). The Labute approximate surface area is 118 Å². The van der Waals surface area contributed by atoms with Crippen LogP contribution in [0.15, 0.2) is 24.3 Å². The highest BCUT2D eigenvalue weighted by molar-refractivity contribution is 5.35. The van der Waals surface area contributed by atoms with Gasteiger partial charge in [-0.2, -0.15) is 0 Å². The summed E-state index contributed by atoms with van der Waals surface area (Å²) in [4.78, 5) is 2.37. The normalized spacial score (nSPS) is 12.7. The van der Waals surface area contributed by atoms with Crippen LogP contribution >= 0.6 is 0 Å². The van der Waals surface area contributed by atoms with Crippen molar-refractivity contribution in [2.24, 2.45) is 0 Å². The first-order valence-corrected chi connectivity index (χ1v) is 7.38. The molecular weight excluding hydrogens is 236 g/mol. The third kappa shape index (κ3) is 4.84. The summed E-state index contributed by atoms with van der Waals surface area (Å²) in [6, 6.07) is 8.70. The van der Waals surface area contributed by atoms with E-state index in [1.54, 1.807) is 0 Å². The molecule has 0 fully saturated rings. The first kappa shape index (κ1) is 16.0. The minimum Gasteiger partial charge on any atom is -0.492 e. The molecule has 0 saturated heterocycles. The number of rotatable bonds is 9. The van der Waals surface area contributed by atoms with Crippen LogP contribution in [0.3, 0.4) is 0 Å². The minimum atomic E-state index is 0.365. The molecule has 3 nitrogen and oxygen atoms in total. The van der Waals surface area contributed by atoms with Gasteiger partial charge in [0.15, 0.2) is 0 Å². The van der Waals surface area contributed by atoms with Gasteiger partial charge in [-0.25, -0.2) is 0 Å². The second kappa shape index (κ2) is 8.94. The van der Waals surface area contributed by atoms with Crippen molar-refractivity contribution in [3.63, 3.8) is 0 Å². The zero-order valence-corrected chi connectivity index (χ0v) is 12.8. The van der Waals surface area contributed by atoms with Crippen LogP contribution in [0.25, 0.3) is 0 Å². The fourth-order valence-corrected chi connectivity index (χ4v) is 2.30. The number of para-hydroxylation sites is 1. The summed E-state index contributed by atoms with van der Waals surface area (Å²) in [6.07, 6.45) is 1.06. The molecule has 1 aromatic carbocycles. The second-order valence-electron chi connectivity index (χ2n) is 4.66. The summed E-state index contributed by atoms with van der Waals surface area (Å²) in [6.45, 7) is 10.5. The standard InChI is InChI=1S/C16H28N2O/c1-5-15(17-4)14-10-8-9-11-16(14)19-13-12-18(6-2)7-3/h8-11,15,17H,5-7,12-13H2,1-4H3. The van der Waals surface area contributed by atoms with Crippen LogP contribution < -0.4 is 10.1 Å². The van der Waals surface area contributed by atoms with Crippen molar-refractivity contribution in [3.8, 4) is 5.75 Å². The zero-order valence-electron chi connectivity index (χ0n) is 12.8. The maximum atomic E-state index is 5.97. The molecular formula is C16H28N2O. The summed E-state index contributed by atoms with van der Waals surface area (Å²) in [5.41, 5.74) is 1.26. The first-order valence-electron chi connectivity index (χ1n) is 7.38. The molecule has 19 heavy (non-hydrogen) atoms. The lowest BCUT2D eigenvalue weighted by Gasteiger charge is -2.21. The first-order chi connectivity index (χ1) is 9.26. The Balaban J connectivity index is 2.62. The van der Waals surface area contributed by atoms with Crippen LogP contribution in [0.5, 0.6) is 5.75 Å². The zero-order chi connectivity index (χ0) is 14.1. The quantitative estimate of drug-likeness (QED) is 0.742. The molecule has 0 aliphatic carbocycles. The van der Waals surface area contributed by atoms with Gasteiger partial charge in [-0.3, -0.25) is 0 Å². The summed E-state index contributed by atoms with van der Waals surface area (Å²) in [5, 5.41) is 3.34. The number of hydrogen-bond acceptors (Lipinski definition) is 3. The minimum absolute atomic E-state index is 0.365. The molecule has 0 aliphatic rings. The van der Waals surface area contributed by atoms with E-state index >= 15 is 0 Å². The molecule has 0 saturated carbocycles. The van der Waals surface area contributed by atoms with Crippen molar-refractivity contribution in [1.29, 1.82) is 0 Å². The third-order valence-electron chi connectivity index (χ3n) is 3.61. The van der Waals surface area contributed by atoms with Gasteiger partial charge in [0.1, 0.15) is 12.4 Å². The molecule has 0 aromatic heterocycles. The molecule has 0 amide bonds. The lowest BCUT2D eigenvalue weighted by Crippen LogP contribution is -2.28. The largest absolute Gasteiger partial charge is 0.492 e. The monoisotopic (exact) mass is 264 g/mol. The van der Waals surface area contributed by atoms with Gasteiger partial charge in [0.25, 0.3) is 0 Å². The average molecular weight is 264 g/mol. The van der Waals surface area contributed by atoms with E-state index in [-0.39, 0.29) is 0 Å². The number of likely N-dealkylation sites (N-methyl/N-ethyl adjacent to an activating group) is 1. The van der Waals surface area contributed by atoms with Crippen molar-refractivity contribution < 1.29 is 4.74 Å². The van der Waals surface area contributed by atoms with Crippen molar-refractivity contribution in [2.75, 3.05) is 33.3 Å². The Morgan fingerprint density at radius 2 is 1.84 bits per heavy atom. The highest BCUT2D eigenvalue weighted by Gasteiger charge is 2.12. The number of benzene rings is 1. The summed E-state index contributed by atoms with van der Waals surface area (Å²) < 4.78 is 5.97. The lowest BCUT2D eigenvalue weighted by atomic mass is 10.0. The Hall–Kier alpha value is -1.06. The molecule has 0 radical (unpaired) electrons. The second-order valence-corrected chi connectivity index (χ2v) is 4.66.